The van der Waals surface area contributed by atoms with E-state index in [9.17, 15) is 21.6 Å². The molecule has 0 saturated carbocycles. The van der Waals surface area contributed by atoms with Crippen molar-refractivity contribution in [2.45, 2.75) is 48.0 Å². The Hall–Kier alpha value is -2.17. The highest BCUT2D eigenvalue weighted by Gasteiger charge is 2.33. The predicted molar refractivity (Wildman–Crippen MR) is 119 cm³/mol. The molecule has 2 saturated heterocycles. The number of furan rings is 1. The lowest BCUT2D eigenvalue weighted by Gasteiger charge is -2.31. The van der Waals surface area contributed by atoms with E-state index >= 15 is 0 Å². The number of hydrogen-bond donors (Lipinski definition) is 0. The first-order valence-electron chi connectivity index (χ1n) is 10.9. The predicted octanol–water partition coefficient (Wildman–Crippen LogP) is 2.67. The molecule has 0 aliphatic carbocycles. The minimum absolute atomic E-state index is 0.133. The van der Waals surface area contributed by atoms with Gasteiger partial charge in [0.05, 0.1) is 16.4 Å². The fourth-order valence-electron chi connectivity index (χ4n) is 4.34. The molecule has 0 atom stereocenters. The lowest BCUT2D eigenvalue weighted by molar-refractivity contribution is 0.0725. The number of carbonyl (C=O) groups is 1. The van der Waals surface area contributed by atoms with Crippen LogP contribution in [-0.2, 0) is 25.6 Å². The Kier molecular flexibility index (Phi) is 6.73. The second-order valence-electron chi connectivity index (χ2n) is 8.37. The topological polar surface area (TPSA) is 105 Å². The van der Waals surface area contributed by atoms with Crippen LogP contribution >= 0.6 is 0 Å². The van der Waals surface area contributed by atoms with Gasteiger partial charge < -0.3 is 9.32 Å². The van der Waals surface area contributed by atoms with Gasteiger partial charge in [-0.1, -0.05) is 6.42 Å². The summed E-state index contributed by atoms with van der Waals surface area (Å²) in [7, 11) is -6.90. The van der Waals surface area contributed by atoms with Crippen molar-refractivity contribution in [3.8, 4) is 0 Å². The molecule has 0 spiro atoms. The number of likely N-dealkylation sites (tertiary alicyclic amines) is 1. The summed E-state index contributed by atoms with van der Waals surface area (Å²) in [4.78, 5) is 14.7. The van der Waals surface area contributed by atoms with Crippen LogP contribution in [0.1, 0.15) is 48.2 Å². The number of nitrogens with zero attached hydrogens (tertiary/aromatic N) is 2. The Morgan fingerprint density at radius 1 is 0.906 bits per heavy atom. The van der Waals surface area contributed by atoms with Gasteiger partial charge in [0.1, 0.15) is 11.5 Å². The molecule has 2 aromatic rings. The van der Waals surface area contributed by atoms with Crippen LogP contribution in [0.3, 0.4) is 0 Å². The summed E-state index contributed by atoms with van der Waals surface area (Å²) in [5.41, 5.74) is 0.402. The van der Waals surface area contributed by atoms with Crippen LogP contribution in [0.15, 0.2) is 52.0 Å². The van der Waals surface area contributed by atoms with Crippen molar-refractivity contribution in [2.24, 2.45) is 0 Å². The number of carbonyl (C=O) groups excluding carboxylic acids is 1. The lowest BCUT2D eigenvalue weighted by atomic mass is 10.1. The van der Waals surface area contributed by atoms with Crippen molar-refractivity contribution in [3.63, 3.8) is 0 Å². The van der Waals surface area contributed by atoms with E-state index in [1.165, 1.54) is 22.7 Å². The first-order valence-corrected chi connectivity index (χ1v) is 14.1. The molecule has 1 aromatic heterocycles. The molecule has 0 N–H and O–H groups in total. The summed E-state index contributed by atoms with van der Waals surface area (Å²) in [6, 6.07) is 9.35. The largest absolute Gasteiger partial charge is 0.468 e. The van der Waals surface area contributed by atoms with E-state index in [1.54, 1.807) is 29.2 Å². The molecule has 2 aliphatic rings. The lowest BCUT2D eigenvalue weighted by Crippen LogP contribution is -2.42. The van der Waals surface area contributed by atoms with Crippen molar-refractivity contribution in [1.29, 1.82) is 0 Å². The van der Waals surface area contributed by atoms with Crippen molar-refractivity contribution >= 4 is 25.8 Å². The van der Waals surface area contributed by atoms with Gasteiger partial charge in [-0.25, -0.2) is 16.8 Å². The Morgan fingerprint density at radius 2 is 1.56 bits per heavy atom. The normalized spacial score (nSPS) is 19.2. The molecule has 2 aliphatic heterocycles. The van der Waals surface area contributed by atoms with Crippen molar-refractivity contribution in [2.75, 3.05) is 26.2 Å². The van der Waals surface area contributed by atoms with Crippen molar-refractivity contribution in [1.82, 2.24) is 9.21 Å². The van der Waals surface area contributed by atoms with E-state index in [1.807, 2.05) is 0 Å². The molecule has 174 valence electrons. The highest BCUT2D eigenvalue weighted by Crippen LogP contribution is 2.24. The van der Waals surface area contributed by atoms with Crippen LogP contribution in [0.25, 0.3) is 0 Å². The van der Waals surface area contributed by atoms with Gasteiger partial charge in [-0.05, 0) is 62.1 Å². The smallest absolute Gasteiger partial charge is 0.253 e. The van der Waals surface area contributed by atoms with Gasteiger partial charge in [-0.2, -0.15) is 4.31 Å². The third kappa shape index (κ3) is 4.92. The minimum Gasteiger partial charge on any atom is -0.468 e. The summed E-state index contributed by atoms with van der Waals surface area (Å²) in [6.45, 7) is 1.74. The van der Waals surface area contributed by atoms with Gasteiger partial charge >= 0.3 is 0 Å². The molecule has 1 amide bonds. The summed E-state index contributed by atoms with van der Waals surface area (Å²) < 4.78 is 57.5. The van der Waals surface area contributed by atoms with E-state index in [0.29, 0.717) is 50.3 Å². The van der Waals surface area contributed by atoms with Crippen LogP contribution < -0.4 is 0 Å². The number of rotatable bonds is 6. The molecule has 0 radical (unpaired) electrons. The van der Waals surface area contributed by atoms with E-state index in [4.69, 9.17) is 4.42 Å². The number of amides is 1. The molecular formula is C22H28N2O6S2. The van der Waals surface area contributed by atoms with Gasteiger partial charge in [-0.15, -0.1) is 0 Å². The molecule has 8 nitrogen and oxygen atoms in total. The zero-order valence-electron chi connectivity index (χ0n) is 17.9. The van der Waals surface area contributed by atoms with Crippen LogP contribution in [0.2, 0.25) is 0 Å². The number of benzene rings is 1. The molecule has 3 heterocycles. The van der Waals surface area contributed by atoms with Crippen LogP contribution in [0.4, 0.5) is 0 Å². The molecule has 2 fully saturated rings. The Balaban J connectivity index is 1.37. The third-order valence-electron chi connectivity index (χ3n) is 6.21. The Bertz CT molecular complexity index is 1130. The zero-order chi connectivity index (χ0) is 22.8. The molecular weight excluding hydrogens is 452 g/mol. The number of piperidine rings is 2. The molecule has 0 unspecified atom stereocenters. The third-order valence-corrected chi connectivity index (χ3v) is 10.3. The first kappa shape index (κ1) is 23.0. The average molecular weight is 481 g/mol. The molecule has 4 rings (SSSR count). The fraction of sp³-hybridized carbons (Fsp3) is 0.500. The standard InChI is InChI=1S/C22H28N2O6S2/c25-22(18-6-8-21(9-7-18)32(28,29)24-12-2-1-3-13-24)23-14-10-20(11-15-23)31(26,27)17-19-5-4-16-30-19/h4-9,16,20H,1-3,10-15,17H2. The van der Waals surface area contributed by atoms with E-state index in [0.717, 1.165) is 19.3 Å². The minimum atomic E-state index is -3.54. The summed E-state index contributed by atoms with van der Waals surface area (Å²) >= 11 is 0. The van der Waals surface area contributed by atoms with Gasteiger partial charge in [0, 0.05) is 31.7 Å². The maximum Gasteiger partial charge on any atom is 0.253 e. The second kappa shape index (κ2) is 9.36. The van der Waals surface area contributed by atoms with Gasteiger partial charge in [-0.3, -0.25) is 4.79 Å². The first-order chi connectivity index (χ1) is 15.3. The summed E-state index contributed by atoms with van der Waals surface area (Å²) in [5.74, 6) is 0.0721. The van der Waals surface area contributed by atoms with Crippen LogP contribution in [0.5, 0.6) is 0 Å². The van der Waals surface area contributed by atoms with E-state index in [-0.39, 0.29) is 16.6 Å². The summed E-state index contributed by atoms with van der Waals surface area (Å²) in [6.07, 6.45) is 4.97. The highest BCUT2D eigenvalue weighted by atomic mass is 32.2. The SMILES string of the molecule is O=C(c1ccc(S(=O)(=O)N2CCCCC2)cc1)N1CCC(S(=O)(=O)Cc2ccco2)CC1. The van der Waals surface area contributed by atoms with Crippen LogP contribution in [0, 0.1) is 0 Å². The zero-order valence-corrected chi connectivity index (χ0v) is 19.5. The van der Waals surface area contributed by atoms with Crippen molar-refractivity contribution in [3.05, 3.63) is 54.0 Å². The number of hydrogen-bond acceptors (Lipinski definition) is 6. The molecule has 1 aromatic carbocycles. The molecule has 10 heteroatoms. The summed E-state index contributed by atoms with van der Waals surface area (Å²) in [5, 5.41) is -0.506. The fourth-order valence-corrected chi connectivity index (χ4v) is 7.58. The van der Waals surface area contributed by atoms with Gasteiger partial charge in [0.2, 0.25) is 10.0 Å². The second-order valence-corrected chi connectivity index (χ2v) is 12.6. The van der Waals surface area contributed by atoms with Gasteiger partial charge in [0.25, 0.3) is 5.91 Å². The van der Waals surface area contributed by atoms with Crippen molar-refractivity contribution < 1.29 is 26.0 Å². The Morgan fingerprint density at radius 3 is 2.16 bits per heavy atom. The number of sulfone groups is 1. The molecule has 32 heavy (non-hydrogen) atoms. The van der Waals surface area contributed by atoms with Crippen LogP contribution in [-0.4, -0.2) is 63.4 Å². The Labute approximate surface area is 189 Å². The number of sulfonamides is 1. The maximum absolute atomic E-state index is 12.9. The van der Waals surface area contributed by atoms with Gasteiger partial charge in [0.15, 0.2) is 9.84 Å². The van der Waals surface area contributed by atoms with E-state index < -0.39 is 25.1 Å². The molecule has 0 bridgehead atoms. The monoisotopic (exact) mass is 480 g/mol. The maximum atomic E-state index is 12.9. The highest BCUT2D eigenvalue weighted by molar-refractivity contribution is 7.91. The quantitative estimate of drug-likeness (QED) is 0.630. The van der Waals surface area contributed by atoms with E-state index in [2.05, 4.69) is 0 Å². The average Bonchev–Trinajstić information content (AvgIpc) is 3.32.